The van der Waals surface area contributed by atoms with Crippen LogP contribution in [0.5, 0.6) is 0 Å². The van der Waals surface area contributed by atoms with Gasteiger partial charge in [0, 0.05) is 19.3 Å². The van der Waals surface area contributed by atoms with E-state index in [1.807, 2.05) is 30.3 Å². The van der Waals surface area contributed by atoms with Crippen molar-refractivity contribution in [3.63, 3.8) is 0 Å². The van der Waals surface area contributed by atoms with E-state index in [2.05, 4.69) is 6.92 Å². The van der Waals surface area contributed by atoms with E-state index in [0.717, 1.165) is 38.5 Å². The van der Waals surface area contributed by atoms with Crippen LogP contribution in [-0.4, -0.2) is 25.2 Å². The Morgan fingerprint density at radius 3 is 1.79 bits per heavy atom. The number of carbonyl (C=O) groups is 2. The van der Waals surface area contributed by atoms with Gasteiger partial charge in [-0.05, 0) is 24.8 Å². The molecular weight excluding hydrogens is 364 g/mol. The van der Waals surface area contributed by atoms with E-state index in [1.54, 1.807) is 0 Å². The fourth-order valence-corrected chi connectivity index (χ4v) is 3.21. The van der Waals surface area contributed by atoms with Gasteiger partial charge in [0.05, 0.1) is 13.2 Å². The largest absolute Gasteiger partial charge is 0.466 e. The van der Waals surface area contributed by atoms with Crippen LogP contribution in [0.25, 0.3) is 0 Å². The van der Waals surface area contributed by atoms with Gasteiger partial charge in [0.25, 0.3) is 0 Å². The van der Waals surface area contributed by atoms with Crippen LogP contribution in [0, 0.1) is 0 Å². The molecule has 0 heterocycles. The summed E-state index contributed by atoms with van der Waals surface area (Å²) in [5, 5.41) is 0. The summed E-state index contributed by atoms with van der Waals surface area (Å²) in [5.74, 6) is -0.267. The van der Waals surface area contributed by atoms with Crippen molar-refractivity contribution in [1.82, 2.24) is 0 Å². The SMILES string of the molecule is CCCCCCCCCCOC(=O)CCCCCC(=O)OCCc1ccccc1. The van der Waals surface area contributed by atoms with Crippen molar-refractivity contribution in [2.24, 2.45) is 0 Å². The molecule has 0 fully saturated rings. The van der Waals surface area contributed by atoms with Crippen molar-refractivity contribution in [2.75, 3.05) is 13.2 Å². The molecule has 0 aromatic heterocycles. The summed E-state index contributed by atoms with van der Waals surface area (Å²) < 4.78 is 10.5. The quantitative estimate of drug-likeness (QED) is 0.210. The molecule has 1 aromatic carbocycles. The lowest BCUT2D eigenvalue weighted by Crippen LogP contribution is -2.08. The van der Waals surface area contributed by atoms with Gasteiger partial charge in [-0.25, -0.2) is 0 Å². The van der Waals surface area contributed by atoms with Crippen molar-refractivity contribution < 1.29 is 19.1 Å². The molecule has 4 heteroatoms. The highest BCUT2D eigenvalue weighted by atomic mass is 16.5. The second-order valence-corrected chi connectivity index (χ2v) is 7.71. The van der Waals surface area contributed by atoms with Gasteiger partial charge >= 0.3 is 11.9 Å². The maximum Gasteiger partial charge on any atom is 0.305 e. The molecule has 0 saturated carbocycles. The monoisotopic (exact) mass is 404 g/mol. The first-order chi connectivity index (χ1) is 14.2. The smallest absolute Gasteiger partial charge is 0.305 e. The average molecular weight is 405 g/mol. The molecule has 0 bridgehead atoms. The third kappa shape index (κ3) is 15.7. The van der Waals surface area contributed by atoms with Crippen molar-refractivity contribution in [3.8, 4) is 0 Å². The highest BCUT2D eigenvalue weighted by Gasteiger charge is 2.05. The minimum absolute atomic E-state index is 0.113. The molecule has 0 saturated heterocycles. The predicted octanol–water partition coefficient (Wildman–Crippen LogP) is 6.41. The van der Waals surface area contributed by atoms with Gasteiger partial charge < -0.3 is 9.47 Å². The fraction of sp³-hybridized carbons (Fsp3) is 0.680. The Morgan fingerprint density at radius 1 is 0.655 bits per heavy atom. The summed E-state index contributed by atoms with van der Waals surface area (Å²) in [4.78, 5) is 23.4. The highest BCUT2D eigenvalue weighted by molar-refractivity contribution is 5.69. The van der Waals surface area contributed by atoms with Crippen LogP contribution < -0.4 is 0 Å². The number of esters is 2. The van der Waals surface area contributed by atoms with Gasteiger partial charge in [-0.3, -0.25) is 9.59 Å². The van der Waals surface area contributed by atoms with E-state index in [4.69, 9.17) is 9.47 Å². The molecule has 29 heavy (non-hydrogen) atoms. The number of carbonyl (C=O) groups excluding carboxylic acids is 2. The van der Waals surface area contributed by atoms with Gasteiger partial charge in [-0.15, -0.1) is 0 Å². The molecule has 0 aliphatic carbocycles. The molecule has 0 aliphatic heterocycles. The fourth-order valence-electron chi connectivity index (χ4n) is 3.21. The molecule has 0 unspecified atom stereocenters. The lowest BCUT2D eigenvalue weighted by atomic mass is 10.1. The van der Waals surface area contributed by atoms with Crippen LogP contribution in [0.4, 0.5) is 0 Å². The summed E-state index contributed by atoms with van der Waals surface area (Å²) in [6.07, 6.45) is 13.9. The Labute approximate surface area is 177 Å². The van der Waals surface area contributed by atoms with E-state index in [1.165, 1.54) is 44.1 Å². The van der Waals surface area contributed by atoms with Crippen molar-refractivity contribution >= 4 is 11.9 Å². The highest BCUT2D eigenvalue weighted by Crippen LogP contribution is 2.09. The summed E-state index contributed by atoms with van der Waals surface area (Å²) in [6.45, 7) is 3.20. The second kappa shape index (κ2) is 18.2. The predicted molar refractivity (Wildman–Crippen MR) is 118 cm³/mol. The maximum atomic E-state index is 11.7. The number of hydrogen-bond donors (Lipinski definition) is 0. The number of rotatable bonds is 18. The lowest BCUT2D eigenvalue weighted by Gasteiger charge is -2.06. The zero-order valence-corrected chi connectivity index (χ0v) is 18.3. The standard InChI is InChI=1S/C25H40O4/c1-2-3-4-5-6-7-8-15-21-28-24(26)18-13-10-14-19-25(27)29-22-20-23-16-11-9-12-17-23/h9,11-12,16-17H,2-8,10,13-15,18-22H2,1H3. The molecule has 1 rings (SSSR count). The van der Waals surface area contributed by atoms with Gasteiger partial charge in [0.2, 0.25) is 0 Å². The minimum atomic E-state index is -0.154. The zero-order valence-electron chi connectivity index (χ0n) is 18.3. The lowest BCUT2D eigenvalue weighted by molar-refractivity contribution is -0.144. The Kier molecular flexibility index (Phi) is 15.8. The van der Waals surface area contributed by atoms with Gasteiger partial charge in [0.15, 0.2) is 0 Å². The summed E-state index contributed by atoms with van der Waals surface area (Å²) in [5.41, 5.74) is 1.17. The molecule has 0 radical (unpaired) electrons. The normalized spacial score (nSPS) is 10.7. The van der Waals surface area contributed by atoms with Crippen LogP contribution in [0.15, 0.2) is 30.3 Å². The van der Waals surface area contributed by atoms with Crippen LogP contribution in [-0.2, 0) is 25.5 Å². The summed E-state index contributed by atoms with van der Waals surface area (Å²) in [7, 11) is 0. The Hall–Kier alpha value is -1.84. The molecular formula is C25H40O4. The number of hydrogen-bond acceptors (Lipinski definition) is 4. The first-order valence-electron chi connectivity index (χ1n) is 11.6. The van der Waals surface area contributed by atoms with E-state index < -0.39 is 0 Å². The van der Waals surface area contributed by atoms with E-state index in [0.29, 0.717) is 26.1 Å². The van der Waals surface area contributed by atoms with E-state index in [-0.39, 0.29) is 11.9 Å². The number of ether oxygens (including phenoxy) is 2. The van der Waals surface area contributed by atoms with E-state index in [9.17, 15) is 9.59 Å². The third-order valence-corrected chi connectivity index (χ3v) is 5.02. The van der Waals surface area contributed by atoms with Crippen LogP contribution in [0.2, 0.25) is 0 Å². The Morgan fingerprint density at radius 2 is 1.17 bits per heavy atom. The van der Waals surface area contributed by atoms with Gasteiger partial charge in [-0.1, -0.05) is 88.6 Å². The molecule has 0 aliphatic rings. The molecule has 4 nitrogen and oxygen atoms in total. The van der Waals surface area contributed by atoms with Crippen LogP contribution in [0.1, 0.15) is 96.0 Å². The minimum Gasteiger partial charge on any atom is -0.466 e. The zero-order chi connectivity index (χ0) is 21.0. The molecule has 0 N–H and O–H groups in total. The van der Waals surface area contributed by atoms with Gasteiger partial charge in [0.1, 0.15) is 0 Å². The molecule has 164 valence electrons. The average Bonchev–Trinajstić information content (AvgIpc) is 2.73. The van der Waals surface area contributed by atoms with E-state index >= 15 is 0 Å². The molecule has 1 aromatic rings. The molecule has 0 spiro atoms. The second-order valence-electron chi connectivity index (χ2n) is 7.71. The first kappa shape index (κ1) is 25.2. The Balaban J connectivity index is 1.85. The summed E-state index contributed by atoms with van der Waals surface area (Å²) >= 11 is 0. The number of unbranched alkanes of at least 4 members (excludes halogenated alkanes) is 9. The van der Waals surface area contributed by atoms with Crippen LogP contribution in [0.3, 0.4) is 0 Å². The third-order valence-electron chi connectivity index (χ3n) is 5.02. The van der Waals surface area contributed by atoms with Crippen LogP contribution >= 0.6 is 0 Å². The molecule has 0 atom stereocenters. The van der Waals surface area contributed by atoms with Crippen molar-refractivity contribution in [3.05, 3.63) is 35.9 Å². The van der Waals surface area contributed by atoms with Crippen molar-refractivity contribution in [2.45, 2.75) is 96.8 Å². The maximum absolute atomic E-state index is 11.7. The van der Waals surface area contributed by atoms with Crippen molar-refractivity contribution in [1.29, 1.82) is 0 Å². The summed E-state index contributed by atoms with van der Waals surface area (Å²) in [6, 6.07) is 10.0. The topological polar surface area (TPSA) is 52.6 Å². The Bertz CT molecular complexity index is 527. The first-order valence-corrected chi connectivity index (χ1v) is 11.6. The van der Waals surface area contributed by atoms with Gasteiger partial charge in [-0.2, -0.15) is 0 Å². The number of benzene rings is 1. The molecule has 0 amide bonds.